The lowest BCUT2D eigenvalue weighted by Crippen LogP contribution is -2.33. The van der Waals surface area contributed by atoms with E-state index in [2.05, 4.69) is 53.4 Å². The number of rotatable bonds is 3. The number of aromatic nitrogens is 5. The summed E-state index contributed by atoms with van der Waals surface area (Å²) in [6.45, 7) is 11.0. The van der Waals surface area contributed by atoms with Crippen molar-refractivity contribution in [3.63, 3.8) is 0 Å². The van der Waals surface area contributed by atoms with Crippen LogP contribution in [0.15, 0.2) is 42.9 Å². The zero-order valence-electron chi connectivity index (χ0n) is 20.1. The molecule has 1 aliphatic heterocycles. The summed E-state index contributed by atoms with van der Waals surface area (Å²) in [5.74, 6) is 1.77. The highest BCUT2D eigenvalue weighted by Gasteiger charge is 2.22. The predicted molar refractivity (Wildman–Crippen MR) is 130 cm³/mol. The number of hydrogen-bond donors (Lipinski definition) is 2. The molecular formula is C25H29N7O2. The second-order valence-electron chi connectivity index (χ2n) is 9.78. The van der Waals surface area contributed by atoms with Gasteiger partial charge < -0.3 is 10.1 Å². The van der Waals surface area contributed by atoms with Crippen molar-refractivity contribution >= 4 is 22.8 Å². The highest BCUT2D eigenvalue weighted by Crippen LogP contribution is 2.30. The van der Waals surface area contributed by atoms with Crippen molar-refractivity contribution < 1.29 is 9.53 Å². The number of fused-ring (bicyclic) bond motifs is 2. The Morgan fingerprint density at radius 2 is 2.03 bits per heavy atom. The van der Waals surface area contributed by atoms with Crippen molar-refractivity contribution in [1.82, 2.24) is 29.6 Å². The van der Waals surface area contributed by atoms with Crippen molar-refractivity contribution in [1.29, 1.82) is 0 Å². The van der Waals surface area contributed by atoms with Crippen LogP contribution >= 0.6 is 0 Å². The Balaban J connectivity index is 1.37. The maximum absolute atomic E-state index is 13.0. The second kappa shape index (κ2) is 8.25. The van der Waals surface area contributed by atoms with Gasteiger partial charge in [0.05, 0.1) is 16.7 Å². The van der Waals surface area contributed by atoms with Crippen LogP contribution in [0.2, 0.25) is 0 Å². The number of benzene rings is 1. The van der Waals surface area contributed by atoms with Gasteiger partial charge in [-0.3, -0.25) is 14.6 Å². The Hall–Kier alpha value is -3.72. The number of nitrogens with zero attached hydrogens (tertiary/aromatic N) is 5. The third-order valence-electron chi connectivity index (χ3n) is 5.98. The van der Waals surface area contributed by atoms with Gasteiger partial charge in [0, 0.05) is 41.5 Å². The third-order valence-corrected chi connectivity index (χ3v) is 5.98. The molecule has 34 heavy (non-hydrogen) atoms. The van der Waals surface area contributed by atoms with E-state index < -0.39 is 0 Å². The van der Waals surface area contributed by atoms with Crippen LogP contribution in [-0.4, -0.2) is 36.4 Å². The second-order valence-corrected chi connectivity index (χ2v) is 9.78. The normalized spacial score (nSPS) is 15.9. The van der Waals surface area contributed by atoms with E-state index in [1.54, 1.807) is 10.8 Å². The first-order chi connectivity index (χ1) is 16.2. The molecule has 0 radical (unpaired) electrons. The molecule has 9 nitrogen and oxygen atoms in total. The molecule has 9 heteroatoms. The molecule has 0 spiro atoms. The van der Waals surface area contributed by atoms with Crippen LogP contribution in [0.5, 0.6) is 11.6 Å². The predicted octanol–water partition coefficient (Wildman–Crippen LogP) is 4.60. The van der Waals surface area contributed by atoms with Gasteiger partial charge in [-0.15, -0.1) is 0 Å². The first-order valence-corrected chi connectivity index (χ1v) is 11.4. The molecule has 5 rings (SSSR count). The van der Waals surface area contributed by atoms with Crippen LogP contribution in [-0.2, 0) is 18.5 Å². The number of amides is 1. The van der Waals surface area contributed by atoms with E-state index in [4.69, 9.17) is 4.74 Å². The van der Waals surface area contributed by atoms with E-state index in [-0.39, 0.29) is 11.6 Å². The molecule has 0 bridgehead atoms. The summed E-state index contributed by atoms with van der Waals surface area (Å²) in [6, 6.07) is 9.48. The van der Waals surface area contributed by atoms with Gasteiger partial charge in [-0.1, -0.05) is 0 Å². The maximum atomic E-state index is 13.0. The molecule has 0 aliphatic carbocycles. The number of hydrogen-bond acceptors (Lipinski definition) is 6. The van der Waals surface area contributed by atoms with Crippen LogP contribution in [0.3, 0.4) is 0 Å². The molecular weight excluding hydrogens is 430 g/mol. The van der Waals surface area contributed by atoms with Crippen LogP contribution in [0.4, 0.5) is 10.6 Å². The van der Waals surface area contributed by atoms with E-state index in [1.807, 2.05) is 41.9 Å². The molecule has 2 N–H and O–H groups in total. The SMILES string of the molecule is Cc1cc(NC(=O)n2ccc3cc(Oc4ncnc5c4CC(C)NC5)ccc32)nn1C(C)(C)C. The monoisotopic (exact) mass is 459 g/mol. The number of nitrogens with one attached hydrogen (secondary N) is 2. The van der Waals surface area contributed by atoms with Gasteiger partial charge in [0.1, 0.15) is 12.1 Å². The number of anilines is 1. The lowest BCUT2D eigenvalue weighted by Gasteiger charge is -2.23. The third kappa shape index (κ3) is 4.14. The quantitative estimate of drug-likeness (QED) is 0.465. The fourth-order valence-corrected chi connectivity index (χ4v) is 4.38. The lowest BCUT2D eigenvalue weighted by atomic mass is 10.0. The van der Waals surface area contributed by atoms with Crippen molar-refractivity contribution in [3.05, 3.63) is 59.8 Å². The molecule has 0 saturated heterocycles. The van der Waals surface area contributed by atoms with E-state index in [0.717, 1.165) is 34.3 Å². The highest BCUT2D eigenvalue weighted by molar-refractivity contribution is 5.98. The van der Waals surface area contributed by atoms with Crippen molar-refractivity contribution in [2.24, 2.45) is 0 Å². The first kappa shape index (κ1) is 22.1. The number of aryl methyl sites for hydroxylation is 1. The Morgan fingerprint density at radius 3 is 2.79 bits per heavy atom. The number of carbonyl (C=O) groups excluding carboxylic acids is 1. The molecule has 1 atom stereocenters. The smallest absolute Gasteiger partial charge is 0.331 e. The van der Waals surface area contributed by atoms with E-state index in [0.29, 0.717) is 30.0 Å². The molecule has 1 aliphatic rings. The van der Waals surface area contributed by atoms with E-state index >= 15 is 0 Å². The minimum Gasteiger partial charge on any atom is -0.439 e. The summed E-state index contributed by atoms with van der Waals surface area (Å²) < 4.78 is 9.62. The Kier molecular flexibility index (Phi) is 5.36. The van der Waals surface area contributed by atoms with Crippen molar-refractivity contribution in [3.8, 4) is 11.6 Å². The summed E-state index contributed by atoms with van der Waals surface area (Å²) in [5, 5.41) is 11.7. The van der Waals surface area contributed by atoms with Crippen LogP contribution in [0, 0.1) is 6.92 Å². The number of ether oxygens (including phenoxy) is 1. The van der Waals surface area contributed by atoms with Gasteiger partial charge in [-0.2, -0.15) is 5.10 Å². The standard InChI is InChI=1S/C25H29N7O2/c1-15-10-19-20(13-26-15)27-14-28-23(19)34-18-6-7-21-17(12-18)8-9-31(21)24(33)29-22-11-16(2)32(30-22)25(3,4)5/h6-9,11-12,14-15,26H,10,13H2,1-5H3,(H,29,30,33). The summed E-state index contributed by atoms with van der Waals surface area (Å²) in [6.07, 6.45) is 4.10. The average Bonchev–Trinajstić information content (AvgIpc) is 3.37. The molecule has 3 aromatic heterocycles. The zero-order chi connectivity index (χ0) is 24.0. The largest absolute Gasteiger partial charge is 0.439 e. The van der Waals surface area contributed by atoms with Crippen molar-refractivity contribution in [2.75, 3.05) is 5.32 Å². The fourth-order valence-electron chi connectivity index (χ4n) is 4.38. The number of carbonyl (C=O) groups is 1. The zero-order valence-corrected chi connectivity index (χ0v) is 20.1. The summed E-state index contributed by atoms with van der Waals surface area (Å²) in [4.78, 5) is 21.7. The van der Waals surface area contributed by atoms with Gasteiger partial charge in [-0.05, 0) is 65.3 Å². The van der Waals surface area contributed by atoms with Gasteiger partial charge in [-0.25, -0.2) is 14.8 Å². The molecule has 176 valence electrons. The lowest BCUT2D eigenvalue weighted by molar-refractivity contribution is 0.254. The van der Waals surface area contributed by atoms with Gasteiger partial charge in [0.15, 0.2) is 5.82 Å². The van der Waals surface area contributed by atoms with Crippen LogP contribution in [0.1, 0.15) is 44.6 Å². The minimum atomic E-state index is -0.270. The first-order valence-electron chi connectivity index (χ1n) is 11.4. The molecule has 0 fully saturated rings. The molecule has 4 aromatic rings. The topological polar surface area (TPSA) is 98.9 Å². The van der Waals surface area contributed by atoms with Crippen LogP contribution in [0.25, 0.3) is 10.9 Å². The molecule has 1 unspecified atom stereocenters. The maximum Gasteiger partial charge on any atom is 0.331 e. The average molecular weight is 460 g/mol. The fraction of sp³-hybridized carbons (Fsp3) is 0.360. The van der Waals surface area contributed by atoms with Gasteiger partial charge in [0.25, 0.3) is 0 Å². The molecule has 0 saturated carbocycles. The molecule has 1 aromatic carbocycles. The van der Waals surface area contributed by atoms with E-state index in [1.165, 1.54) is 6.33 Å². The Morgan fingerprint density at radius 1 is 1.21 bits per heavy atom. The van der Waals surface area contributed by atoms with Crippen molar-refractivity contribution in [2.45, 2.75) is 59.2 Å². The van der Waals surface area contributed by atoms with Gasteiger partial charge in [0.2, 0.25) is 5.88 Å². The van der Waals surface area contributed by atoms with Gasteiger partial charge >= 0.3 is 6.03 Å². The molecule has 4 heterocycles. The highest BCUT2D eigenvalue weighted by atomic mass is 16.5. The Bertz CT molecular complexity index is 1380. The molecule has 1 amide bonds. The summed E-state index contributed by atoms with van der Waals surface area (Å²) >= 11 is 0. The van der Waals surface area contributed by atoms with E-state index in [9.17, 15) is 4.79 Å². The Labute approximate surface area is 198 Å². The summed E-state index contributed by atoms with van der Waals surface area (Å²) in [7, 11) is 0. The summed E-state index contributed by atoms with van der Waals surface area (Å²) in [5.41, 5.74) is 3.60. The minimum absolute atomic E-state index is 0.166. The van der Waals surface area contributed by atoms with Crippen LogP contribution < -0.4 is 15.4 Å².